The highest BCUT2D eigenvalue weighted by atomic mass is 19.2. The van der Waals surface area contributed by atoms with Crippen LogP contribution in [0.1, 0.15) is 32.7 Å². The third-order valence-electron chi connectivity index (χ3n) is 5.01. The smallest absolute Gasteiger partial charge is 0.280 e. The molecule has 32 heavy (non-hydrogen) atoms. The van der Waals surface area contributed by atoms with Crippen LogP contribution < -0.4 is 16.6 Å². The molecule has 0 fully saturated rings. The maximum atomic E-state index is 13.5. The lowest BCUT2D eigenvalue weighted by molar-refractivity contribution is 0.0957. The van der Waals surface area contributed by atoms with Gasteiger partial charge in [0.1, 0.15) is 5.56 Å². The molecule has 4 N–H and O–H groups in total. The Bertz CT molecular complexity index is 1330. The van der Waals surface area contributed by atoms with Gasteiger partial charge >= 0.3 is 0 Å². The number of aromatic nitrogens is 2. The van der Waals surface area contributed by atoms with Crippen molar-refractivity contribution in [3.8, 4) is 11.8 Å². The molecule has 0 bridgehead atoms. The number of rotatable bonds is 5. The number of hydrogen-bond donors (Lipinski definition) is 3. The predicted molar refractivity (Wildman–Crippen MR) is 118 cm³/mol. The summed E-state index contributed by atoms with van der Waals surface area (Å²) in [6.45, 7) is 1.60. The van der Waals surface area contributed by atoms with E-state index in [1.807, 2.05) is 0 Å². The Morgan fingerprint density at radius 3 is 2.66 bits per heavy atom. The highest BCUT2D eigenvalue weighted by molar-refractivity contribution is 5.95. The van der Waals surface area contributed by atoms with Gasteiger partial charge in [0.2, 0.25) is 0 Å². The van der Waals surface area contributed by atoms with E-state index in [1.54, 1.807) is 32.2 Å². The number of carbonyl (C=O) groups is 1. The number of amides is 1. The molecule has 3 rings (SSSR count). The summed E-state index contributed by atoms with van der Waals surface area (Å²) < 4.78 is 29.4. The van der Waals surface area contributed by atoms with Crippen LogP contribution in [0.3, 0.4) is 0 Å². The number of carbonyl (C=O) groups excluding carboxylic acids is 1. The molecule has 0 unspecified atom stereocenters. The zero-order chi connectivity index (χ0) is 23.4. The van der Waals surface area contributed by atoms with Crippen LogP contribution in [-0.4, -0.2) is 28.0 Å². The highest BCUT2D eigenvalue weighted by Crippen LogP contribution is 2.12. The van der Waals surface area contributed by atoms with Crippen molar-refractivity contribution in [1.82, 2.24) is 14.7 Å². The van der Waals surface area contributed by atoms with Crippen molar-refractivity contribution in [2.45, 2.75) is 13.5 Å². The van der Waals surface area contributed by atoms with Crippen LogP contribution in [0.25, 0.3) is 0 Å². The monoisotopic (exact) mass is 437 g/mol. The summed E-state index contributed by atoms with van der Waals surface area (Å²) in [6.07, 6.45) is 1.13. The molecule has 0 aliphatic heterocycles. The van der Waals surface area contributed by atoms with E-state index in [2.05, 4.69) is 17.2 Å². The summed E-state index contributed by atoms with van der Waals surface area (Å²) >= 11 is 0. The number of nitrogens with two attached hydrogens (primary N) is 1. The summed E-state index contributed by atoms with van der Waals surface area (Å²) in [5.41, 5.74) is 7.61. The van der Waals surface area contributed by atoms with E-state index in [1.165, 1.54) is 15.4 Å². The van der Waals surface area contributed by atoms with E-state index in [0.29, 0.717) is 28.1 Å². The first-order chi connectivity index (χ1) is 15.2. The molecule has 1 amide bonds. The van der Waals surface area contributed by atoms with Crippen molar-refractivity contribution in [3.05, 3.63) is 86.3 Å². The number of nitrogen functional groups attached to an aromatic ring is 1. The van der Waals surface area contributed by atoms with E-state index < -0.39 is 23.1 Å². The van der Waals surface area contributed by atoms with Crippen LogP contribution in [0, 0.1) is 35.8 Å². The van der Waals surface area contributed by atoms with Gasteiger partial charge in [-0.05, 0) is 42.8 Å². The Morgan fingerprint density at radius 2 is 1.97 bits per heavy atom. The van der Waals surface area contributed by atoms with Gasteiger partial charge in [-0.25, -0.2) is 13.5 Å². The number of benzene rings is 2. The van der Waals surface area contributed by atoms with Crippen LogP contribution in [0.2, 0.25) is 0 Å². The normalized spacial score (nSPS) is 10.4. The lowest BCUT2D eigenvalue weighted by Gasteiger charge is -2.08. The first-order valence-electron chi connectivity index (χ1n) is 9.60. The van der Waals surface area contributed by atoms with Crippen LogP contribution >= 0.6 is 0 Å². The van der Waals surface area contributed by atoms with Crippen LogP contribution in [0.5, 0.6) is 0 Å². The molecular formula is C23H21F2N5O2. The average Bonchev–Trinajstić information content (AvgIpc) is 2.97. The van der Waals surface area contributed by atoms with E-state index in [0.717, 1.165) is 18.3 Å². The predicted octanol–water partition coefficient (Wildman–Crippen LogP) is 2.18. The Labute approximate surface area is 183 Å². The van der Waals surface area contributed by atoms with Gasteiger partial charge in [0, 0.05) is 35.8 Å². The molecule has 0 radical (unpaired) electrons. The van der Waals surface area contributed by atoms with Gasteiger partial charge in [0.25, 0.3) is 11.5 Å². The fraction of sp³-hybridized carbons (Fsp3) is 0.174. The zero-order valence-corrected chi connectivity index (χ0v) is 17.5. The molecule has 9 heteroatoms. The fourth-order valence-electron chi connectivity index (χ4n) is 3.15. The second-order valence-corrected chi connectivity index (χ2v) is 7.07. The molecule has 0 atom stereocenters. The van der Waals surface area contributed by atoms with Crippen LogP contribution in [0.4, 0.5) is 14.5 Å². The second-order valence-electron chi connectivity index (χ2n) is 7.07. The third kappa shape index (κ3) is 4.59. The van der Waals surface area contributed by atoms with E-state index in [9.17, 15) is 18.4 Å². The van der Waals surface area contributed by atoms with Gasteiger partial charge < -0.3 is 16.5 Å². The molecule has 1 heterocycles. The zero-order valence-electron chi connectivity index (χ0n) is 17.5. The first kappa shape index (κ1) is 22.5. The van der Waals surface area contributed by atoms with Crippen molar-refractivity contribution in [2.24, 2.45) is 7.05 Å². The summed E-state index contributed by atoms with van der Waals surface area (Å²) in [4.78, 5) is 25.4. The fourth-order valence-corrected chi connectivity index (χ4v) is 3.15. The molecule has 164 valence electrons. The minimum absolute atomic E-state index is 0.0000794. The summed E-state index contributed by atoms with van der Waals surface area (Å²) in [7, 11) is 1.61. The van der Waals surface area contributed by atoms with Crippen LogP contribution in [0.15, 0.2) is 41.2 Å². The number of hydrogen-bond acceptors (Lipinski definition) is 4. The molecule has 7 nitrogen and oxygen atoms in total. The largest absolute Gasteiger partial charge is 0.398 e. The van der Waals surface area contributed by atoms with Crippen molar-refractivity contribution in [1.29, 1.82) is 5.41 Å². The molecule has 3 aromatic rings. The summed E-state index contributed by atoms with van der Waals surface area (Å²) in [5, 5.41) is 9.91. The van der Waals surface area contributed by atoms with Crippen molar-refractivity contribution >= 4 is 17.8 Å². The topological polar surface area (TPSA) is 106 Å². The van der Waals surface area contributed by atoms with Gasteiger partial charge in [-0.2, -0.15) is 0 Å². The Morgan fingerprint density at radius 1 is 1.22 bits per heavy atom. The van der Waals surface area contributed by atoms with Gasteiger partial charge in [-0.1, -0.05) is 17.9 Å². The number of halogens is 2. The quantitative estimate of drug-likeness (QED) is 0.324. The first-order valence-corrected chi connectivity index (χ1v) is 9.60. The standard InChI is InChI=1S/C23H21F2N5O2/c1-14-21(22(31)28-9-3-4-15-6-8-20(27)17(10-15)12-26)23(32)30(29(14)2)13-16-5-7-18(24)19(25)11-16/h5-8,10-12,26H,9,13,27H2,1-2H3,(H,28,31). The highest BCUT2D eigenvalue weighted by Gasteiger charge is 2.21. The van der Waals surface area contributed by atoms with E-state index in [-0.39, 0.29) is 18.7 Å². The van der Waals surface area contributed by atoms with E-state index >= 15 is 0 Å². The molecule has 0 saturated carbocycles. The molecule has 2 aromatic carbocycles. The number of anilines is 1. The van der Waals surface area contributed by atoms with Gasteiger partial charge in [-0.15, -0.1) is 0 Å². The molecule has 1 aromatic heterocycles. The SMILES string of the molecule is Cc1c(C(=O)NCC#Cc2ccc(N)c(C=N)c2)c(=O)n(Cc2ccc(F)c(F)c2)n1C. The number of nitrogens with zero attached hydrogens (tertiary/aromatic N) is 2. The maximum Gasteiger partial charge on any atom is 0.280 e. The molecule has 0 saturated heterocycles. The van der Waals surface area contributed by atoms with Crippen molar-refractivity contribution in [3.63, 3.8) is 0 Å². The Kier molecular flexibility index (Phi) is 6.54. The van der Waals surface area contributed by atoms with Gasteiger partial charge in [-0.3, -0.25) is 14.3 Å². The minimum atomic E-state index is -1.01. The van der Waals surface area contributed by atoms with E-state index in [4.69, 9.17) is 11.1 Å². The lowest BCUT2D eigenvalue weighted by atomic mass is 10.1. The lowest BCUT2D eigenvalue weighted by Crippen LogP contribution is -2.31. The summed E-state index contributed by atoms with van der Waals surface area (Å²) in [6, 6.07) is 8.39. The average molecular weight is 437 g/mol. The minimum Gasteiger partial charge on any atom is -0.398 e. The van der Waals surface area contributed by atoms with Crippen molar-refractivity contribution in [2.75, 3.05) is 12.3 Å². The Hall–Kier alpha value is -4.19. The molecule has 0 aliphatic rings. The van der Waals surface area contributed by atoms with Gasteiger partial charge in [0.05, 0.1) is 13.1 Å². The second kappa shape index (κ2) is 9.31. The summed E-state index contributed by atoms with van der Waals surface area (Å²) in [5.74, 6) is 3.09. The Balaban J connectivity index is 1.75. The third-order valence-corrected chi connectivity index (χ3v) is 5.01. The maximum absolute atomic E-state index is 13.5. The number of nitrogens with one attached hydrogen (secondary N) is 2. The molecule has 0 spiro atoms. The molecular weight excluding hydrogens is 416 g/mol. The van der Waals surface area contributed by atoms with Gasteiger partial charge in [0.15, 0.2) is 11.6 Å². The molecule has 0 aliphatic carbocycles. The van der Waals surface area contributed by atoms with Crippen molar-refractivity contribution < 1.29 is 13.6 Å². The van der Waals surface area contributed by atoms with Crippen LogP contribution in [-0.2, 0) is 13.6 Å².